The third-order valence-corrected chi connectivity index (χ3v) is 9.92. The zero-order valence-electron chi connectivity index (χ0n) is 26.2. The van der Waals surface area contributed by atoms with Gasteiger partial charge in [0.25, 0.3) is 0 Å². The van der Waals surface area contributed by atoms with Gasteiger partial charge in [-0.05, 0) is 65.7 Å². The van der Waals surface area contributed by atoms with Crippen LogP contribution in [0.25, 0.3) is 88.5 Å². The Labute approximate surface area is 280 Å². The number of benzene rings is 7. The van der Waals surface area contributed by atoms with Gasteiger partial charge in [-0.3, -0.25) is 4.57 Å². The smallest absolute Gasteiger partial charge is 0.235 e. The molecule has 7 aromatic carbocycles. The van der Waals surface area contributed by atoms with Crippen molar-refractivity contribution >= 4 is 54.5 Å². The monoisotopic (exact) mass is 626 g/mol. The Morgan fingerprint density at radius 1 is 0.449 bits per heavy atom. The van der Waals surface area contributed by atoms with E-state index in [0.717, 1.165) is 55.8 Å². The summed E-state index contributed by atoms with van der Waals surface area (Å²) in [5, 5.41) is 5.69. The minimum Gasteiger partial charge on any atom is -0.456 e. The molecule has 5 heteroatoms. The van der Waals surface area contributed by atoms with Gasteiger partial charge in [0.05, 0.1) is 38.7 Å². The van der Waals surface area contributed by atoms with Crippen LogP contribution in [0.2, 0.25) is 0 Å². The number of nitrogens with zero attached hydrogens (tertiary/aromatic N) is 4. The van der Waals surface area contributed by atoms with E-state index in [1.54, 1.807) is 0 Å². The van der Waals surface area contributed by atoms with Crippen molar-refractivity contribution in [2.24, 2.45) is 0 Å². The molecule has 0 amide bonds. The molecule has 11 rings (SSSR count). The van der Waals surface area contributed by atoms with Crippen molar-refractivity contribution in [1.29, 1.82) is 0 Å². The SMILES string of the molecule is c1ccc(-c2cccc(-n3c4ccccc4c4ccc5c(c6ccccc6n5-c5nc6c7c(cccc7n5)Oc5ccccc5-6)c43)c2)cc1. The largest absolute Gasteiger partial charge is 0.456 e. The van der Waals surface area contributed by atoms with Crippen molar-refractivity contribution in [3.05, 3.63) is 158 Å². The Bertz CT molecular complexity index is 2970. The van der Waals surface area contributed by atoms with Crippen molar-refractivity contribution in [3.8, 4) is 45.5 Å². The van der Waals surface area contributed by atoms with E-state index in [0.29, 0.717) is 5.95 Å². The number of hydrogen-bond acceptors (Lipinski definition) is 3. The van der Waals surface area contributed by atoms with E-state index < -0.39 is 0 Å². The Morgan fingerprint density at radius 2 is 1.16 bits per heavy atom. The minimum atomic E-state index is 0.635. The Kier molecular flexibility index (Phi) is 5.32. The molecule has 49 heavy (non-hydrogen) atoms. The Morgan fingerprint density at radius 3 is 2.06 bits per heavy atom. The maximum absolute atomic E-state index is 6.30. The second-order valence-corrected chi connectivity index (χ2v) is 12.6. The molecule has 0 aliphatic carbocycles. The lowest BCUT2D eigenvalue weighted by Crippen LogP contribution is -2.06. The Hall–Kier alpha value is -6.72. The van der Waals surface area contributed by atoms with Gasteiger partial charge in [-0.15, -0.1) is 0 Å². The summed E-state index contributed by atoms with van der Waals surface area (Å²) in [4.78, 5) is 10.5. The van der Waals surface area contributed by atoms with Gasteiger partial charge < -0.3 is 9.30 Å². The fourth-order valence-corrected chi connectivity index (χ4v) is 7.84. The Balaban J connectivity index is 1.26. The van der Waals surface area contributed by atoms with Crippen LogP contribution in [-0.2, 0) is 0 Å². The van der Waals surface area contributed by atoms with Gasteiger partial charge in [0.2, 0.25) is 5.95 Å². The molecule has 0 fully saturated rings. The predicted molar refractivity (Wildman–Crippen MR) is 199 cm³/mol. The maximum atomic E-state index is 6.30. The van der Waals surface area contributed by atoms with E-state index in [9.17, 15) is 0 Å². The number of fused-ring (bicyclic) bond motifs is 9. The van der Waals surface area contributed by atoms with Gasteiger partial charge in [-0.1, -0.05) is 103 Å². The normalized spacial score (nSPS) is 12.2. The molecule has 0 radical (unpaired) electrons. The average molecular weight is 627 g/mol. The van der Waals surface area contributed by atoms with Crippen LogP contribution in [0.3, 0.4) is 0 Å². The predicted octanol–water partition coefficient (Wildman–Crippen LogP) is 11.3. The van der Waals surface area contributed by atoms with Gasteiger partial charge in [-0.25, -0.2) is 9.97 Å². The molecule has 10 aromatic rings. The molecule has 0 saturated heterocycles. The molecule has 228 valence electrons. The summed E-state index contributed by atoms with van der Waals surface area (Å²) in [6.45, 7) is 0. The van der Waals surface area contributed by atoms with Crippen LogP contribution in [-0.4, -0.2) is 19.1 Å². The first-order chi connectivity index (χ1) is 24.3. The van der Waals surface area contributed by atoms with Crippen molar-refractivity contribution in [3.63, 3.8) is 0 Å². The molecular formula is C44H26N4O. The van der Waals surface area contributed by atoms with Gasteiger partial charge in [-0.2, -0.15) is 0 Å². The first-order valence-electron chi connectivity index (χ1n) is 16.5. The third kappa shape index (κ3) is 3.70. The third-order valence-electron chi connectivity index (χ3n) is 9.92. The summed E-state index contributed by atoms with van der Waals surface area (Å²) in [6.07, 6.45) is 0. The maximum Gasteiger partial charge on any atom is 0.235 e. The lowest BCUT2D eigenvalue weighted by Gasteiger charge is -2.20. The topological polar surface area (TPSA) is 44.9 Å². The van der Waals surface area contributed by atoms with Crippen LogP contribution in [0, 0.1) is 0 Å². The number of aromatic nitrogens is 4. The van der Waals surface area contributed by atoms with Gasteiger partial charge in [0.15, 0.2) is 0 Å². The summed E-state index contributed by atoms with van der Waals surface area (Å²) < 4.78 is 11.0. The summed E-state index contributed by atoms with van der Waals surface area (Å²) in [6, 6.07) is 55.4. The molecule has 0 atom stereocenters. The molecule has 4 heterocycles. The quantitative estimate of drug-likeness (QED) is 0.196. The van der Waals surface area contributed by atoms with Crippen LogP contribution in [0.15, 0.2) is 158 Å². The highest BCUT2D eigenvalue weighted by molar-refractivity contribution is 6.26. The van der Waals surface area contributed by atoms with Crippen molar-refractivity contribution < 1.29 is 4.74 Å². The van der Waals surface area contributed by atoms with Crippen molar-refractivity contribution in [1.82, 2.24) is 19.1 Å². The molecule has 0 unspecified atom stereocenters. The van der Waals surface area contributed by atoms with Gasteiger partial charge in [0, 0.05) is 32.8 Å². The van der Waals surface area contributed by atoms with Crippen LogP contribution < -0.4 is 4.74 Å². The number of rotatable bonds is 3. The molecule has 1 aliphatic rings. The first kappa shape index (κ1) is 26.4. The average Bonchev–Trinajstić information content (AvgIpc) is 3.68. The summed E-state index contributed by atoms with van der Waals surface area (Å²) in [5.41, 5.74) is 10.7. The fraction of sp³-hybridized carbons (Fsp3) is 0. The molecule has 0 saturated carbocycles. The van der Waals surface area contributed by atoms with E-state index >= 15 is 0 Å². The summed E-state index contributed by atoms with van der Waals surface area (Å²) >= 11 is 0. The first-order valence-corrected chi connectivity index (χ1v) is 16.5. The highest BCUT2D eigenvalue weighted by Crippen LogP contribution is 2.46. The second kappa shape index (κ2) is 9.89. The van der Waals surface area contributed by atoms with Crippen molar-refractivity contribution in [2.75, 3.05) is 0 Å². The molecule has 0 spiro atoms. The fourth-order valence-electron chi connectivity index (χ4n) is 7.84. The minimum absolute atomic E-state index is 0.635. The van der Waals surface area contributed by atoms with E-state index in [1.807, 2.05) is 30.3 Å². The highest BCUT2D eigenvalue weighted by Gasteiger charge is 2.26. The number of ether oxygens (including phenoxy) is 1. The van der Waals surface area contributed by atoms with Crippen molar-refractivity contribution in [2.45, 2.75) is 0 Å². The lowest BCUT2D eigenvalue weighted by atomic mass is 10.0. The molecule has 3 aromatic heterocycles. The molecule has 1 aliphatic heterocycles. The van der Waals surface area contributed by atoms with E-state index in [4.69, 9.17) is 14.7 Å². The van der Waals surface area contributed by atoms with Gasteiger partial charge >= 0.3 is 0 Å². The van der Waals surface area contributed by atoms with Crippen LogP contribution in [0.1, 0.15) is 0 Å². The zero-order chi connectivity index (χ0) is 32.1. The van der Waals surface area contributed by atoms with E-state index in [-0.39, 0.29) is 0 Å². The van der Waals surface area contributed by atoms with Gasteiger partial charge in [0.1, 0.15) is 11.5 Å². The summed E-state index contributed by atoms with van der Waals surface area (Å²) in [7, 11) is 0. The zero-order valence-corrected chi connectivity index (χ0v) is 26.2. The van der Waals surface area contributed by atoms with E-state index in [2.05, 4.69) is 137 Å². The van der Waals surface area contributed by atoms with E-state index in [1.165, 1.54) is 38.3 Å². The van der Waals surface area contributed by atoms with Crippen LogP contribution >= 0.6 is 0 Å². The highest BCUT2D eigenvalue weighted by atomic mass is 16.5. The van der Waals surface area contributed by atoms with Crippen LogP contribution in [0.4, 0.5) is 0 Å². The lowest BCUT2D eigenvalue weighted by molar-refractivity contribution is 0.486. The van der Waals surface area contributed by atoms with Crippen LogP contribution in [0.5, 0.6) is 11.5 Å². The molecule has 0 N–H and O–H groups in total. The number of hydrogen-bond donors (Lipinski definition) is 0. The molecule has 0 bridgehead atoms. The standard InChI is InChI=1S/C44H26N4O/c1-2-12-27(13-3-1)28-14-10-15-29(26-28)47-35-20-7-4-16-30(35)31-24-25-37-40(43(31)47)32-17-5-8-21-36(32)48(37)44-45-34-19-11-23-39-41(34)42(46-44)33-18-6-9-22-38(33)49-39/h1-26H. The number of para-hydroxylation sites is 3. The summed E-state index contributed by atoms with van der Waals surface area (Å²) in [5.74, 6) is 2.22. The molecular weight excluding hydrogens is 601 g/mol. The second-order valence-electron chi connectivity index (χ2n) is 12.6. The molecule has 5 nitrogen and oxygen atoms in total.